The van der Waals surface area contributed by atoms with E-state index in [4.69, 9.17) is 36.0 Å². The zero-order valence-electron chi connectivity index (χ0n) is 56.7. The van der Waals surface area contributed by atoms with Gasteiger partial charge in [0.2, 0.25) is 0 Å². The van der Waals surface area contributed by atoms with Crippen LogP contribution in [0.15, 0.2) is 170 Å². The van der Waals surface area contributed by atoms with E-state index in [1.807, 2.05) is 155 Å². The molecule has 0 bridgehead atoms. The molecule has 2 heterocycles. The van der Waals surface area contributed by atoms with E-state index in [1.54, 1.807) is 30.5 Å². The van der Waals surface area contributed by atoms with Gasteiger partial charge in [0.05, 0.1) is 28.0 Å². The third-order valence-electron chi connectivity index (χ3n) is 12.1. The maximum atomic E-state index is 13.1. The highest BCUT2D eigenvalue weighted by Gasteiger charge is 2.29. The Morgan fingerprint density at radius 3 is 1.93 bits per heavy atom. The SMILES string of the molecule is [2H]C(C)(C)c1ccc(-c2ccnc(-c3cc(-c4ccccc4)cc(-c4cccc5c4nc(-c4cc(C(C([2H])([2H])[2H])(C([2H])([2H])[2H])C([2H])([2H])[2H])cc(C(C([2H])([2H])[2H])(C([2H])([2H])[2H])C([2H])([2H])[2H])c4O)n5-c4ccc(CC(C)C)cc4-c4ccccc4)c3)c2)cc1. The molecule has 4 heteroatoms. The van der Waals surface area contributed by atoms with Gasteiger partial charge in [-0.2, -0.15) is 0 Å². The first-order chi connectivity index (χ1) is 39.8. The normalized spacial score (nSPS) is 17.6. The number of para-hydroxylation sites is 1. The van der Waals surface area contributed by atoms with Crippen LogP contribution in [0.5, 0.6) is 5.75 Å². The Labute approximate surface area is 424 Å². The maximum absolute atomic E-state index is 13.1. The van der Waals surface area contributed by atoms with Crippen molar-refractivity contribution < 1.29 is 31.2 Å². The minimum atomic E-state index is -4.15. The van der Waals surface area contributed by atoms with Gasteiger partial charge in [0.15, 0.2) is 0 Å². The molecule has 9 aromatic rings. The largest absolute Gasteiger partial charge is 0.507 e. The predicted octanol–water partition coefficient (Wildman–Crippen LogP) is 17.0. The van der Waals surface area contributed by atoms with Crippen LogP contribution in [-0.2, 0) is 17.3 Å². The molecule has 9 rings (SSSR count). The number of phenols is 1. The summed E-state index contributed by atoms with van der Waals surface area (Å²) in [5.74, 6) is -2.41. The summed E-state index contributed by atoms with van der Waals surface area (Å²) in [6.45, 7) is -16.9. The number of rotatable bonds is 10. The van der Waals surface area contributed by atoms with Crippen molar-refractivity contribution in [2.24, 2.45) is 5.92 Å². The van der Waals surface area contributed by atoms with Crippen molar-refractivity contribution in [2.45, 2.75) is 92.0 Å². The van der Waals surface area contributed by atoms with Crippen LogP contribution < -0.4 is 0 Å². The second-order valence-corrected chi connectivity index (χ2v) is 17.9. The lowest BCUT2D eigenvalue weighted by molar-refractivity contribution is 0.446. The van der Waals surface area contributed by atoms with Crippen LogP contribution in [0.25, 0.3) is 83.9 Å². The van der Waals surface area contributed by atoms with E-state index >= 15 is 0 Å². The number of imidazole rings is 1. The van der Waals surface area contributed by atoms with Gasteiger partial charge < -0.3 is 5.11 Å². The molecule has 0 aliphatic heterocycles. The van der Waals surface area contributed by atoms with Gasteiger partial charge in [0, 0.05) is 54.5 Å². The van der Waals surface area contributed by atoms with Gasteiger partial charge in [-0.1, -0.05) is 178 Å². The number of aromatic nitrogens is 3. The summed E-state index contributed by atoms with van der Waals surface area (Å²) in [5, 5.41) is 13.1. The molecule has 0 unspecified atom stereocenters. The fraction of sp³-hybridized carbons (Fsp3) is 0.238. The van der Waals surface area contributed by atoms with Crippen molar-refractivity contribution in [1.82, 2.24) is 14.5 Å². The molecule has 67 heavy (non-hydrogen) atoms. The second-order valence-electron chi connectivity index (χ2n) is 17.9. The van der Waals surface area contributed by atoms with Crippen LogP contribution in [0, 0.1) is 5.92 Å². The molecule has 4 nitrogen and oxygen atoms in total. The highest BCUT2D eigenvalue weighted by molar-refractivity contribution is 5.98. The van der Waals surface area contributed by atoms with Crippen molar-refractivity contribution >= 4 is 11.0 Å². The molecule has 336 valence electrons. The average Bonchev–Trinajstić information content (AvgIpc) is 0.838. The van der Waals surface area contributed by atoms with Crippen molar-refractivity contribution in [3.8, 4) is 78.6 Å². The quantitative estimate of drug-likeness (QED) is 0.149. The predicted molar refractivity (Wildman–Crippen MR) is 283 cm³/mol. The van der Waals surface area contributed by atoms with Crippen LogP contribution in [0.1, 0.15) is 123 Å². The molecule has 0 saturated heterocycles. The van der Waals surface area contributed by atoms with Crippen molar-refractivity contribution in [3.05, 3.63) is 192 Å². The molecular formula is C63H63N3O. The summed E-state index contributed by atoms with van der Waals surface area (Å²) in [6.07, 6.45) is 2.31. The lowest BCUT2D eigenvalue weighted by atomic mass is 9.79. The van der Waals surface area contributed by atoms with E-state index in [0.29, 0.717) is 51.7 Å². The van der Waals surface area contributed by atoms with Crippen LogP contribution in [-0.4, -0.2) is 19.6 Å². The van der Waals surface area contributed by atoms with Crippen LogP contribution in [0.3, 0.4) is 0 Å². The van der Waals surface area contributed by atoms with Gasteiger partial charge >= 0.3 is 0 Å². The summed E-state index contributed by atoms with van der Waals surface area (Å²) in [6, 6.07) is 47.8. The summed E-state index contributed by atoms with van der Waals surface area (Å²) in [4.78, 5) is 10.1. The van der Waals surface area contributed by atoms with E-state index in [1.165, 1.54) is 4.57 Å². The summed E-state index contributed by atoms with van der Waals surface area (Å²) < 4.78 is 169. The molecular weight excluding hydrogens is 815 g/mol. The van der Waals surface area contributed by atoms with E-state index in [-0.39, 0.29) is 17.0 Å². The number of hydrogen-bond acceptors (Lipinski definition) is 3. The first-order valence-electron chi connectivity index (χ1n) is 31.7. The molecule has 0 spiro atoms. The van der Waals surface area contributed by atoms with Crippen LogP contribution >= 0.6 is 0 Å². The molecule has 0 atom stereocenters. The topological polar surface area (TPSA) is 50.9 Å². The molecule has 0 aliphatic carbocycles. The number of nitrogens with zero attached hydrogens (tertiary/aromatic N) is 3. The van der Waals surface area contributed by atoms with Gasteiger partial charge in [-0.3, -0.25) is 9.55 Å². The Balaban J connectivity index is 1.47. The second kappa shape index (κ2) is 18.0. The lowest BCUT2D eigenvalue weighted by Gasteiger charge is -2.27. The minimum Gasteiger partial charge on any atom is -0.507 e. The smallest absolute Gasteiger partial charge is 0.149 e. The Morgan fingerprint density at radius 2 is 1.24 bits per heavy atom. The average molecular weight is 897 g/mol. The first kappa shape index (κ1) is 27.6. The monoisotopic (exact) mass is 897 g/mol. The fourth-order valence-electron chi connectivity index (χ4n) is 8.78. The third kappa shape index (κ3) is 9.23. The van der Waals surface area contributed by atoms with E-state index in [2.05, 4.69) is 0 Å². The van der Waals surface area contributed by atoms with Gasteiger partial charge in [0.1, 0.15) is 11.6 Å². The summed E-state index contributed by atoms with van der Waals surface area (Å²) in [5.41, 5.74) is -2.40. The van der Waals surface area contributed by atoms with Crippen molar-refractivity contribution in [2.75, 3.05) is 0 Å². The Bertz CT molecular complexity index is 3890. The molecule has 0 radical (unpaired) electrons. The molecule has 7 aromatic carbocycles. The number of phenolic OH excluding ortho intramolecular Hbond substituents is 1. The van der Waals surface area contributed by atoms with Crippen molar-refractivity contribution in [1.29, 1.82) is 0 Å². The van der Waals surface area contributed by atoms with Crippen LogP contribution in [0.4, 0.5) is 0 Å². The number of pyridine rings is 1. The van der Waals surface area contributed by atoms with Gasteiger partial charge in [-0.05, 0) is 134 Å². The molecule has 2 aromatic heterocycles. The molecule has 0 amide bonds. The highest BCUT2D eigenvalue weighted by atomic mass is 16.3. The lowest BCUT2D eigenvalue weighted by Crippen LogP contribution is -2.17. The molecule has 1 N–H and O–H groups in total. The van der Waals surface area contributed by atoms with Gasteiger partial charge in [0.25, 0.3) is 0 Å². The standard InChI is InChI=1S/C63H63N3O/c1-40(2)32-42-24-29-57(53(33-42)46-20-15-12-16-21-46)66-58-23-17-22-52(59(58)65-61(66)54-38-51(62(5,6)7)39-55(60(54)67)63(8,9)10)49-34-48(44-18-13-11-14-19-44)35-50(36-49)56-37-47(30-31-64-56)45-27-25-43(26-28-45)41(3)4/h11-31,33-41,67H,32H2,1-10H3/i5D3,6D3,7D3,8D3,9D3,10D3,41D. The first-order valence-corrected chi connectivity index (χ1v) is 22.2. The summed E-state index contributed by atoms with van der Waals surface area (Å²) in [7, 11) is 0. The fourth-order valence-corrected chi connectivity index (χ4v) is 8.78. The number of fused-ring (bicyclic) bond motifs is 1. The zero-order chi connectivity index (χ0) is 63.1. The number of benzene rings is 7. The van der Waals surface area contributed by atoms with Gasteiger partial charge in [-0.25, -0.2) is 4.98 Å². The highest BCUT2D eigenvalue weighted by Crippen LogP contribution is 2.46. The van der Waals surface area contributed by atoms with Gasteiger partial charge in [-0.15, -0.1) is 0 Å². The van der Waals surface area contributed by atoms with E-state index < -0.39 is 86.1 Å². The molecule has 0 aliphatic rings. The number of hydrogen-bond donors (Lipinski definition) is 1. The molecule has 0 saturated carbocycles. The van der Waals surface area contributed by atoms with Crippen molar-refractivity contribution in [3.63, 3.8) is 0 Å². The summed E-state index contributed by atoms with van der Waals surface area (Å²) >= 11 is 0. The zero-order valence-corrected chi connectivity index (χ0v) is 37.7. The Hall–Kier alpha value is -7.04. The Kier molecular flexibility index (Phi) is 7.40. The van der Waals surface area contributed by atoms with E-state index in [0.717, 1.165) is 39.4 Å². The Morgan fingerprint density at radius 1 is 0.567 bits per heavy atom. The molecule has 0 fully saturated rings. The maximum Gasteiger partial charge on any atom is 0.149 e. The minimum absolute atomic E-state index is 0.164. The van der Waals surface area contributed by atoms with E-state index in [9.17, 15) is 5.11 Å². The number of aromatic hydroxyl groups is 1. The third-order valence-corrected chi connectivity index (χ3v) is 12.1. The van der Waals surface area contributed by atoms with Crippen LogP contribution in [0.2, 0.25) is 0 Å².